The van der Waals surface area contributed by atoms with E-state index in [2.05, 4.69) is 44.5 Å². The minimum Gasteiger partial charge on any atom is -0.507 e. The number of aliphatic hydroxyl groups excluding tert-OH is 1. The minimum atomic E-state index is -0.746. The van der Waals surface area contributed by atoms with Crippen LogP contribution in [0.1, 0.15) is 62.9 Å². The zero-order valence-electron chi connectivity index (χ0n) is 23.6. The first-order valence-electron chi connectivity index (χ1n) is 13.3. The van der Waals surface area contributed by atoms with Gasteiger partial charge in [0.15, 0.2) is 0 Å². The van der Waals surface area contributed by atoms with Gasteiger partial charge in [-0.1, -0.05) is 32.9 Å². The predicted molar refractivity (Wildman–Crippen MR) is 154 cm³/mol. The molecule has 1 amide bonds. The van der Waals surface area contributed by atoms with E-state index in [4.69, 9.17) is 4.74 Å². The number of ether oxygens (including phenoxy) is 1. The van der Waals surface area contributed by atoms with Crippen LogP contribution in [0.15, 0.2) is 72.6 Å². The highest BCUT2D eigenvalue weighted by atomic mass is 16.5. The molecule has 0 radical (unpaired) electrons. The molecule has 1 aromatic heterocycles. The molecule has 3 aromatic rings. The number of methoxy groups -OCH3 is 1. The fraction of sp³-hybridized carbons (Fsp3) is 0.344. The molecular weight excluding hydrogens is 490 g/mol. The Morgan fingerprint density at radius 1 is 1.00 bits per heavy atom. The quantitative estimate of drug-likeness (QED) is 0.225. The average Bonchev–Trinajstić information content (AvgIpc) is 3.18. The van der Waals surface area contributed by atoms with E-state index in [1.54, 1.807) is 31.6 Å². The van der Waals surface area contributed by atoms with Gasteiger partial charge in [-0.05, 0) is 72.9 Å². The lowest BCUT2D eigenvalue weighted by Crippen LogP contribution is -2.29. The molecule has 1 fully saturated rings. The van der Waals surface area contributed by atoms with Crippen molar-refractivity contribution < 1.29 is 19.4 Å². The van der Waals surface area contributed by atoms with Gasteiger partial charge in [-0.2, -0.15) is 0 Å². The highest BCUT2D eigenvalue weighted by molar-refractivity contribution is 6.46. The minimum absolute atomic E-state index is 0.0784. The van der Waals surface area contributed by atoms with Crippen molar-refractivity contribution in [2.75, 3.05) is 25.1 Å². The second kappa shape index (κ2) is 11.3. The standard InChI is InChI=1S/C32H37N3O4/c1-7-34(8-2)24-12-9-22(10-13-24)28-27(30(37)31(38)35(28)20-21-15-17-33-18-16-21)29(36)23-11-14-26(39-6)25(19-23)32(3,4)5/h9-19,28,36H,7-8,20H2,1-6H3/b29-27-. The van der Waals surface area contributed by atoms with Gasteiger partial charge in [0, 0.05) is 48.8 Å². The number of aromatic nitrogens is 1. The van der Waals surface area contributed by atoms with Gasteiger partial charge in [-0.3, -0.25) is 14.6 Å². The summed E-state index contributed by atoms with van der Waals surface area (Å²) in [5.74, 6) is -0.847. The molecule has 0 bridgehead atoms. The fourth-order valence-electron chi connectivity index (χ4n) is 5.13. The van der Waals surface area contributed by atoms with E-state index in [-0.39, 0.29) is 23.3 Å². The molecule has 1 N–H and O–H groups in total. The second-order valence-electron chi connectivity index (χ2n) is 10.7. The summed E-state index contributed by atoms with van der Waals surface area (Å²) in [6, 6.07) is 16.1. The molecule has 4 rings (SSSR count). The molecule has 0 saturated carbocycles. The number of benzene rings is 2. The van der Waals surface area contributed by atoms with Crippen molar-refractivity contribution in [2.45, 2.75) is 52.6 Å². The monoisotopic (exact) mass is 527 g/mol. The van der Waals surface area contributed by atoms with Gasteiger partial charge >= 0.3 is 0 Å². The van der Waals surface area contributed by atoms with Gasteiger partial charge in [-0.25, -0.2) is 0 Å². The van der Waals surface area contributed by atoms with Crippen molar-refractivity contribution in [3.8, 4) is 5.75 Å². The highest BCUT2D eigenvalue weighted by Crippen LogP contribution is 2.42. The molecule has 2 heterocycles. The Labute approximate surface area is 230 Å². The molecule has 1 unspecified atom stereocenters. The summed E-state index contributed by atoms with van der Waals surface area (Å²) < 4.78 is 5.56. The van der Waals surface area contributed by atoms with Crippen molar-refractivity contribution >= 4 is 23.1 Å². The van der Waals surface area contributed by atoms with E-state index < -0.39 is 17.7 Å². The number of hydrogen-bond acceptors (Lipinski definition) is 6. The van der Waals surface area contributed by atoms with Crippen LogP contribution in [0.3, 0.4) is 0 Å². The Bertz CT molecular complexity index is 1370. The molecule has 0 aliphatic carbocycles. The van der Waals surface area contributed by atoms with Crippen molar-refractivity contribution in [2.24, 2.45) is 0 Å². The zero-order chi connectivity index (χ0) is 28.3. The zero-order valence-corrected chi connectivity index (χ0v) is 23.6. The van der Waals surface area contributed by atoms with Crippen LogP contribution in [0, 0.1) is 0 Å². The Morgan fingerprint density at radius 3 is 2.21 bits per heavy atom. The number of likely N-dealkylation sites (tertiary alicyclic amines) is 1. The van der Waals surface area contributed by atoms with Crippen LogP contribution >= 0.6 is 0 Å². The third kappa shape index (κ3) is 5.53. The van der Waals surface area contributed by atoms with Crippen molar-refractivity contribution in [3.63, 3.8) is 0 Å². The van der Waals surface area contributed by atoms with Gasteiger partial charge in [0.2, 0.25) is 0 Å². The van der Waals surface area contributed by atoms with Crippen molar-refractivity contribution in [3.05, 3.63) is 94.8 Å². The average molecular weight is 528 g/mol. The molecule has 0 spiro atoms. The lowest BCUT2D eigenvalue weighted by Gasteiger charge is -2.27. The predicted octanol–water partition coefficient (Wildman–Crippen LogP) is 5.86. The van der Waals surface area contributed by atoms with Crippen LogP contribution in [0.5, 0.6) is 5.75 Å². The number of rotatable bonds is 8. The number of anilines is 1. The molecule has 1 saturated heterocycles. The summed E-state index contributed by atoms with van der Waals surface area (Å²) in [7, 11) is 1.61. The third-order valence-corrected chi connectivity index (χ3v) is 7.26. The van der Waals surface area contributed by atoms with E-state index in [0.29, 0.717) is 11.3 Å². The molecule has 1 aliphatic rings. The SMILES string of the molecule is CCN(CC)c1ccc(C2/C(=C(/O)c3ccc(OC)c(C(C)(C)C)c3)C(=O)C(=O)N2Cc2ccncc2)cc1. The number of ketones is 1. The summed E-state index contributed by atoms with van der Waals surface area (Å²) in [6.07, 6.45) is 3.32. The number of nitrogens with zero attached hydrogens (tertiary/aromatic N) is 3. The lowest BCUT2D eigenvalue weighted by molar-refractivity contribution is -0.140. The van der Waals surface area contributed by atoms with Crippen LogP contribution in [-0.2, 0) is 21.5 Å². The second-order valence-corrected chi connectivity index (χ2v) is 10.7. The molecule has 39 heavy (non-hydrogen) atoms. The number of amides is 1. The summed E-state index contributed by atoms with van der Waals surface area (Å²) in [5.41, 5.74) is 3.82. The van der Waals surface area contributed by atoms with Crippen LogP contribution in [0.2, 0.25) is 0 Å². The van der Waals surface area contributed by atoms with Crippen LogP contribution in [0.4, 0.5) is 5.69 Å². The molecule has 1 aliphatic heterocycles. The van der Waals surface area contributed by atoms with Gasteiger partial charge in [-0.15, -0.1) is 0 Å². The maximum Gasteiger partial charge on any atom is 0.295 e. The Balaban J connectivity index is 1.88. The summed E-state index contributed by atoms with van der Waals surface area (Å²) in [5, 5.41) is 11.6. The molecule has 7 nitrogen and oxygen atoms in total. The topological polar surface area (TPSA) is 83.0 Å². The molecule has 7 heteroatoms. The Kier molecular flexibility index (Phi) is 8.09. The van der Waals surface area contributed by atoms with E-state index in [0.717, 1.165) is 35.5 Å². The smallest absolute Gasteiger partial charge is 0.295 e. The van der Waals surface area contributed by atoms with Gasteiger partial charge in [0.05, 0.1) is 18.7 Å². The highest BCUT2D eigenvalue weighted by Gasteiger charge is 2.46. The normalized spacial score (nSPS) is 17.0. The fourth-order valence-corrected chi connectivity index (χ4v) is 5.13. The van der Waals surface area contributed by atoms with Crippen LogP contribution < -0.4 is 9.64 Å². The summed E-state index contributed by atoms with van der Waals surface area (Å²) >= 11 is 0. The van der Waals surface area contributed by atoms with E-state index in [9.17, 15) is 14.7 Å². The maximum absolute atomic E-state index is 13.5. The van der Waals surface area contributed by atoms with E-state index in [1.165, 1.54) is 4.90 Å². The first kappa shape index (κ1) is 27.9. The number of carbonyl (C=O) groups is 2. The Morgan fingerprint density at radius 2 is 1.64 bits per heavy atom. The summed E-state index contributed by atoms with van der Waals surface area (Å²) in [4.78, 5) is 34.8. The molecule has 1 atom stereocenters. The van der Waals surface area contributed by atoms with Crippen molar-refractivity contribution in [1.29, 1.82) is 0 Å². The summed E-state index contributed by atoms with van der Waals surface area (Å²) in [6.45, 7) is 12.3. The van der Waals surface area contributed by atoms with Gasteiger partial charge < -0.3 is 19.6 Å². The molecule has 204 valence electrons. The third-order valence-electron chi connectivity index (χ3n) is 7.26. The number of Topliss-reactive ketones (excluding diaryl/α,β-unsaturated/α-hetero) is 1. The van der Waals surface area contributed by atoms with E-state index in [1.807, 2.05) is 42.5 Å². The van der Waals surface area contributed by atoms with Crippen LogP contribution in [0.25, 0.3) is 5.76 Å². The maximum atomic E-state index is 13.5. The first-order chi connectivity index (χ1) is 18.6. The number of pyridine rings is 1. The Hall–Kier alpha value is -4.13. The first-order valence-corrected chi connectivity index (χ1v) is 13.3. The molecular formula is C32H37N3O4. The van der Waals surface area contributed by atoms with E-state index >= 15 is 0 Å². The van der Waals surface area contributed by atoms with Gasteiger partial charge in [0.1, 0.15) is 11.5 Å². The number of carbonyl (C=O) groups excluding carboxylic acids is 2. The number of aliphatic hydroxyl groups is 1. The van der Waals surface area contributed by atoms with Crippen molar-refractivity contribution in [1.82, 2.24) is 9.88 Å². The lowest BCUT2D eigenvalue weighted by atomic mass is 9.84. The number of hydrogen-bond donors (Lipinski definition) is 1. The van der Waals surface area contributed by atoms with Gasteiger partial charge in [0.25, 0.3) is 11.7 Å². The molecule has 2 aromatic carbocycles. The largest absolute Gasteiger partial charge is 0.507 e. The van der Waals surface area contributed by atoms with Crippen LogP contribution in [-0.4, -0.2) is 46.9 Å².